The Morgan fingerprint density at radius 1 is 1.10 bits per heavy atom. The van der Waals surface area contributed by atoms with Crippen molar-refractivity contribution in [3.63, 3.8) is 0 Å². The van der Waals surface area contributed by atoms with Crippen molar-refractivity contribution in [2.75, 3.05) is 7.11 Å². The molecule has 2 aromatic rings. The molecule has 0 spiro atoms. The number of aliphatic hydroxyl groups excluding tert-OH is 1. The quantitative estimate of drug-likeness (QED) is 0.883. The van der Waals surface area contributed by atoms with Crippen LogP contribution in [0.1, 0.15) is 29.7 Å². The van der Waals surface area contributed by atoms with Crippen LogP contribution in [0.5, 0.6) is 5.75 Å². The van der Waals surface area contributed by atoms with E-state index in [0.29, 0.717) is 6.42 Å². The average Bonchev–Trinajstić information content (AvgIpc) is 2.48. The lowest BCUT2D eigenvalue weighted by Crippen LogP contribution is -2.03. The standard InChI is InChI=1S/C17H19BrO2/c1-3-12-4-6-13(7-5-12)10-17(19)15-11-14(20-2)8-9-16(15)18/h4-9,11,17,19H,3,10H2,1-2H3. The molecule has 106 valence electrons. The fourth-order valence-electron chi connectivity index (χ4n) is 2.15. The Morgan fingerprint density at radius 3 is 2.35 bits per heavy atom. The SMILES string of the molecule is CCc1ccc(CC(O)c2cc(OC)ccc2Br)cc1. The lowest BCUT2D eigenvalue weighted by atomic mass is 10.00. The van der Waals surface area contributed by atoms with Gasteiger partial charge in [-0.2, -0.15) is 0 Å². The molecule has 0 fully saturated rings. The molecule has 1 unspecified atom stereocenters. The molecular weight excluding hydrogens is 316 g/mol. The molecule has 0 saturated heterocycles. The van der Waals surface area contributed by atoms with Crippen LogP contribution in [0.3, 0.4) is 0 Å². The molecule has 20 heavy (non-hydrogen) atoms. The van der Waals surface area contributed by atoms with Gasteiger partial charge in [-0.1, -0.05) is 47.1 Å². The number of hydrogen-bond donors (Lipinski definition) is 1. The van der Waals surface area contributed by atoms with Gasteiger partial charge in [0.1, 0.15) is 5.75 Å². The molecule has 3 heteroatoms. The van der Waals surface area contributed by atoms with E-state index in [0.717, 1.165) is 27.8 Å². The summed E-state index contributed by atoms with van der Waals surface area (Å²) in [5, 5.41) is 10.4. The van der Waals surface area contributed by atoms with Crippen molar-refractivity contribution in [2.45, 2.75) is 25.9 Å². The molecule has 2 aromatic carbocycles. The molecule has 1 atom stereocenters. The first-order valence-corrected chi connectivity index (χ1v) is 7.52. The molecule has 0 heterocycles. The lowest BCUT2D eigenvalue weighted by molar-refractivity contribution is 0.177. The highest BCUT2D eigenvalue weighted by atomic mass is 79.9. The van der Waals surface area contributed by atoms with Crippen molar-refractivity contribution >= 4 is 15.9 Å². The summed E-state index contributed by atoms with van der Waals surface area (Å²) in [6.07, 6.45) is 1.08. The predicted octanol–water partition coefficient (Wildman–Crippen LogP) is 4.30. The van der Waals surface area contributed by atoms with Crippen LogP contribution in [0.2, 0.25) is 0 Å². The topological polar surface area (TPSA) is 29.5 Å². The van der Waals surface area contributed by atoms with Gasteiger partial charge in [0, 0.05) is 10.9 Å². The molecule has 0 radical (unpaired) electrons. The van der Waals surface area contributed by atoms with Gasteiger partial charge in [0.15, 0.2) is 0 Å². The van der Waals surface area contributed by atoms with Crippen molar-refractivity contribution in [1.82, 2.24) is 0 Å². The maximum atomic E-state index is 10.4. The average molecular weight is 335 g/mol. The second kappa shape index (κ2) is 6.91. The summed E-state index contributed by atoms with van der Waals surface area (Å²) >= 11 is 3.48. The largest absolute Gasteiger partial charge is 0.497 e. The summed E-state index contributed by atoms with van der Waals surface area (Å²) in [4.78, 5) is 0. The molecule has 2 rings (SSSR count). The highest BCUT2D eigenvalue weighted by molar-refractivity contribution is 9.10. The zero-order valence-electron chi connectivity index (χ0n) is 11.8. The van der Waals surface area contributed by atoms with Gasteiger partial charge in [0.2, 0.25) is 0 Å². The van der Waals surface area contributed by atoms with Gasteiger partial charge < -0.3 is 9.84 Å². The molecule has 0 saturated carbocycles. The van der Waals surface area contributed by atoms with Crippen LogP contribution in [0.4, 0.5) is 0 Å². The normalized spacial score (nSPS) is 12.2. The van der Waals surface area contributed by atoms with E-state index in [1.165, 1.54) is 5.56 Å². The Hall–Kier alpha value is -1.32. The van der Waals surface area contributed by atoms with Crippen molar-refractivity contribution in [3.05, 3.63) is 63.6 Å². The lowest BCUT2D eigenvalue weighted by Gasteiger charge is -2.14. The van der Waals surface area contributed by atoms with Crippen LogP contribution >= 0.6 is 15.9 Å². The van der Waals surface area contributed by atoms with Gasteiger partial charge in [-0.25, -0.2) is 0 Å². The minimum absolute atomic E-state index is 0.549. The summed E-state index contributed by atoms with van der Waals surface area (Å²) in [6.45, 7) is 2.14. The third kappa shape index (κ3) is 3.62. The number of rotatable bonds is 5. The molecule has 0 bridgehead atoms. The third-order valence-corrected chi connectivity index (χ3v) is 4.14. The molecule has 2 nitrogen and oxygen atoms in total. The fourth-order valence-corrected chi connectivity index (χ4v) is 2.66. The maximum Gasteiger partial charge on any atom is 0.119 e. The maximum absolute atomic E-state index is 10.4. The third-order valence-electron chi connectivity index (χ3n) is 3.42. The van der Waals surface area contributed by atoms with Crippen LogP contribution in [-0.2, 0) is 12.8 Å². The van der Waals surface area contributed by atoms with Gasteiger partial charge >= 0.3 is 0 Å². The summed E-state index contributed by atoms with van der Waals surface area (Å²) in [5.41, 5.74) is 3.29. The van der Waals surface area contributed by atoms with Gasteiger partial charge in [-0.05, 0) is 41.3 Å². The highest BCUT2D eigenvalue weighted by Gasteiger charge is 2.13. The first kappa shape index (κ1) is 15.1. The predicted molar refractivity (Wildman–Crippen MR) is 85.2 cm³/mol. The zero-order valence-corrected chi connectivity index (χ0v) is 13.4. The van der Waals surface area contributed by atoms with Crippen LogP contribution in [-0.4, -0.2) is 12.2 Å². The number of methoxy groups -OCH3 is 1. The van der Waals surface area contributed by atoms with E-state index in [1.807, 2.05) is 18.2 Å². The number of aliphatic hydroxyl groups is 1. The smallest absolute Gasteiger partial charge is 0.119 e. The summed E-state index contributed by atoms with van der Waals surface area (Å²) in [6, 6.07) is 14.0. The fraction of sp³-hybridized carbons (Fsp3) is 0.294. The second-order valence-corrected chi connectivity index (χ2v) is 5.63. The molecule has 0 aromatic heterocycles. The molecule has 0 aliphatic heterocycles. The number of hydrogen-bond acceptors (Lipinski definition) is 2. The van der Waals surface area contributed by atoms with Crippen molar-refractivity contribution in [2.24, 2.45) is 0 Å². The molecule has 0 aliphatic carbocycles. The molecule has 0 aliphatic rings. The minimum atomic E-state index is -0.549. The number of aryl methyl sites for hydroxylation is 1. The summed E-state index contributed by atoms with van der Waals surface area (Å²) in [5.74, 6) is 0.753. The first-order valence-electron chi connectivity index (χ1n) is 6.73. The molecule has 0 amide bonds. The highest BCUT2D eigenvalue weighted by Crippen LogP contribution is 2.29. The zero-order chi connectivity index (χ0) is 14.5. The van der Waals surface area contributed by atoms with Crippen LogP contribution in [0, 0.1) is 0 Å². The van der Waals surface area contributed by atoms with E-state index >= 15 is 0 Å². The Labute approximate surface area is 128 Å². The number of ether oxygens (including phenoxy) is 1. The van der Waals surface area contributed by atoms with E-state index in [4.69, 9.17) is 4.74 Å². The van der Waals surface area contributed by atoms with E-state index in [-0.39, 0.29) is 0 Å². The number of halogens is 1. The van der Waals surface area contributed by atoms with Gasteiger partial charge in [0.25, 0.3) is 0 Å². The first-order chi connectivity index (χ1) is 9.63. The van der Waals surface area contributed by atoms with Crippen molar-refractivity contribution in [3.8, 4) is 5.75 Å². The van der Waals surface area contributed by atoms with Crippen molar-refractivity contribution < 1.29 is 9.84 Å². The minimum Gasteiger partial charge on any atom is -0.497 e. The van der Waals surface area contributed by atoms with Crippen LogP contribution < -0.4 is 4.74 Å². The monoisotopic (exact) mass is 334 g/mol. The van der Waals surface area contributed by atoms with Crippen LogP contribution in [0.25, 0.3) is 0 Å². The van der Waals surface area contributed by atoms with Gasteiger partial charge in [-0.3, -0.25) is 0 Å². The molecule has 1 N–H and O–H groups in total. The Morgan fingerprint density at radius 2 is 1.75 bits per heavy atom. The van der Waals surface area contributed by atoms with Crippen molar-refractivity contribution in [1.29, 1.82) is 0 Å². The van der Waals surface area contributed by atoms with E-state index in [2.05, 4.69) is 47.1 Å². The van der Waals surface area contributed by atoms with Crippen LogP contribution in [0.15, 0.2) is 46.9 Å². The Bertz CT molecular complexity index is 564. The summed E-state index contributed by atoms with van der Waals surface area (Å²) in [7, 11) is 1.63. The summed E-state index contributed by atoms with van der Waals surface area (Å²) < 4.78 is 6.11. The Kier molecular flexibility index (Phi) is 5.21. The van der Waals surface area contributed by atoms with E-state index in [1.54, 1.807) is 7.11 Å². The van der Waals surface area contributed by atoms with E-state index in [9.17, 15) is 5.11 Å². The number of benzene rings is 2. The van der Waals surface area contributed by atoms with Gasteiger partial charge in [-0.15, -0.1) is 0 Å². The Balaban J connectivity index is 2.16. The van der Waals surface area contributed by atoms with Gasteiger partial charge in [0.05, 0.1) is 13.2 Å². The second-order valence-electron chi connectivity index (χ2n) is 4.78. The van der Waals surface area contributed by atoms with E-state index < -0.39 is 6.10 Å². The molecular formula is C17H19BrO2.